The molecule has 3 aromatic carbocycles. The molecule has 2 aromatic heterocycles. The molecule has 0 fully saturated rings. The van der Waals surface area contributed by atoms with Gasteiger partial charge in [0, 0.05) is 5.56 Å². The zero-order valence-electron chi connectivity index (χ0n) is 15.8. The van der Waals surface area contributed by atoms with E-state index in [2.05, 4.69) is 11.4 Å². The second kappa shape index (κ2) is 6.87. The zero-order chi connectivity index (χ0) is 20.1. The number of anilines is 2. The van der Waals surface area contributed by atoms with E-state index in [0.29, 0.717) is 22.1 Å². The van der Waals surface area contributed by atoms with E-state index >= 15 is 0 Å². The van der Waals surface area contributed by atoms with Crippen LogP contribution in [0.1, 0.15) is 11.1 Å². The minimum Gasteiger partial charge on any atom is -0.338 e. The molecular formula is C23H17ClFN3S. The van der Waals surface area contributed by atoms with E-state index in [9.17, 15) is 4.39 Å². The van der Waals surface area contributed by atoms with Crippen molar-refractivity contribution < 1.29 is 4.39 Å². The van der Waals surface area contributed by atoms with Gasteiger partial charge in [0.05, 0.1) is 20.9 Å². The quantitative estimate of drug-likeness (QED) is 0.329. The molecule has 0 radical (unpaired) electrons. The van der Waals surface area contributed by atoms with Crippen LogP contribution in [0, 0.1) is 19.7 Å². The lowest BCUT2D eigenvalue weighted by molar-refractivity contribution is 0.630. The van der Waals surface area contributed by atoms with Gasteiger partial charge in [-0.05, 0) is 49.2 Å². The van der Waals surface area contributed by atoms with Gasteiger partial charge in [0.2, 0.25) is 0 Å². The van der Waals surface area contributed by atoms with Crippen molar-refractivity contribution in [3.05, 3.63) is 82.6 Å². The fourth-order valence-electron chi connectivity index (χ4n) is 3.65. The molecular weight excluding hydrogens is 405 g/mol. The van der Waals surface area contributed by atoms with Gasteiger partial charge in [-0.1, -0.05) is 59.3 Å². The molecule has 2 heterocycles. The first kappa shape index (κ1) is 18.2. The number of hydrogen-bond acceptors (Lipinski definition) is 3. The molecule has 3 nitrogen and oxygen atoms in total. The third kappa shape index (κ3) is 2.89. The summed E-state index contributed by atoms with van der Waals surface area (Å²) >= 11 is 8.07. The van der Waals surface area contributed by atoms with Crippen molar-refractivity contribution in [2.45, 2.75) is 13.8 Å². The van der Waals surface area contributed by atoms with Gasteiger partial charge in [-0.25, -0.2) is 9.37 Å². The van der Waals surface area contributed by atoms with Crippen LogP contribution in [0.2, 0.25) is 5.02 Å². The summed E-state index contributed by atoms with van der Waals surface area (Å²) in [5, 5.41) is 4.08. The Hall–Kier alpha value is -2.89. The predicted octanol–water partition coefficient (Wildman–Crippen LogP) is 7.37. The van der Waals surface area contributed by atoms with Crippen LogP contribution in [0.3, 0.4) is 0 Å². The lowest BCUT2D eigenvalue weighted by Crippen LogP contribution is -2.00. The minimum absolute atomic E-state index is 0.293. The SMILES string of the molecule is Cc1cccc(Cl)c1Nc1c(-c2c(C)cccc2F)nc2sc3ccccc3n12. The standard InChI is InChI=1S/C23H17ClFN3S/c1-13-7-6-10-16(25)19(13)21-22(26-20-14(2)8-5-9-15(20)24)28-17-11-3-4-12-18(17)29-23(28)27-21/h3-12,26H,1-2H3. The maximum atomic E-state index is 14.9. The third-order valence-electron chi connectivity index (χ3n) is 5.08. The molecule has 0 saturated heterocycles. The molecule has 0 saturated carbocycles. The largest absolute Gasteiger partial charge is 0.338 e. The van der Waals surface area contributed by atoms with Crippen molar-refractivity contribution >= 4 is 49.6 Å². The molecule has 0 atom stereocenters. The molecule has 5 rings (SSSR count). The molecule has 0 spiro atoms. The second-order valence-electron chi connectivity index (χ2n) is 6.99. The summed E-state index contributed by atoms with van der Waals surface area (Å²) in [6.45, 7) is 3.89. The van der Waals surface area contributed by atoms with Gasteiger partial charge < -0.3 is 5.32 Å². The third-order valence-corrected chi connectivity index (χ3v) is 6.41. The monoisotopic (exact) mass is 421 g/mol. The van der Waals surface area contributed by atoms with Crippen LogP contribution >= 0.6 is 22.9 Å². The summed E-state index contributed by atoms with van der Waals surface area (Å²) in [5.41, 5.74) is 4.73. The van der Waals surface area contributed by atoms with Crippen LogP contribution in [-0.4, -0.2) is 9.38 Å². The maximum Gasteiger partial charge on any atom is 0.197 e. The van der Waals surface area contributed by atoms with E-state index in [1.807, 2.05) is 60.7 Å². The Morgan fingerprint density at radius 3 is 2.52 bits per heavy atom. The number of fused-ring (bicyclic) bond motifs is 3. The van der Waals surface area contributed by atoms with Crippen molar-refractivity contribution in [1.29, 1.82) is 0 Å². The molecule has 1 N–H and O–H groups in total. The van der Waals surface area contributed by atoms with Gasteiger partial charge >= 0.3 is 0 Å². The zero-order valence-corrected chi connectivity index (χ0v) is 17.4. The topological polar surface area (TPSA) is 29.3 Å². The summed E-state index contributed by atoms with van der Waals surface area (Å²) in [6, 6.07) is 18.9. The Kier molecular flexibility index (Phi) is 4.30. The molecule has 0 amide bonds. The van der Waals surface area contributed by atoms with E-state index in [-0.39, 0.29) is 5.82 Å². The molecule has 0 aliphatic carbocycles. The first-order valence-electron chi connectivity index (χ1n) is 9.22. The Bertz CT molecular complexity index is 1350. The number of nitrogens with one attached hydrogen (secondary N) is 1. The van der Waals surface area contributed by atoms with Crippen LogP contribution in [-0.2, 0) is 0 Å². The Morgan fingerprint density at radius 2 is 1.72 bits per heavy atom. The van der Waals surface area contributed by atoms with E-state index in [1.165, 1.54) is 6.07 Å². The van der Waals surface area contributed by atoms with E-state index < -0.39 is 0 Å². The Morgan fingerprint density at radius 1 is 0.966 bits per heavy atom. The van der Waals surface area contributed by atoms with E-state index in [4.69, 9.17) is 16.6 Å². The smallest absolute Gasteiger partial charge is 0.197 e. The molecule has 0 unspecified atom stereocenters. The highest BCUT2D eigenvalue weighted by Crippen LogP contribution is 2.40. The van der Waals surface area contributed by atoms with Crippen LogP contribution in [0.5, 0.6) is 0 Å². The first-order valence-corrected chi connectivity index (χ1v) is 10.4. The summed E-state index contributed by atoms with van der Waals surface area (Å²) in [7, 11) is 0. The van der Waals surface area contributed by atoms with Crippen LogP contribution in [0.25, 0.3) is 26.4 Å². The summed E-state index contributed by atoms with van der Waals surface area (Å²) in [5.74, 6) is 0.417. The fourth-order valence-corrected chi connectivity index (χ4v) is 4.94. The fraction of sp³-hybridized carbons (Fsp3) is 0.0870. The van der Waals surface area contributed by atoms with Gasteiger partial charge in [0.15, 0.2) is 4.96 Å². The van der Waals surface area contributed by atoms with Crippen molar-refractivity contribution in [3.63, 3.8) is 0 Å². The summed E-state index contributed by atoms with van der Waals surface area (Å²) < 4.78 is 18.0. The number of benzene rings is 3. The number of halogens is 2. The number of aromatic nitrogens is 2. The number of hydrogen-bond donors (Lipinski definition) is 1. The Balaban J connectivity index is 1.85. The normalized spacial score (nSPS) is 11.4. The molecule has 29 heavy (non-hydrogen) atoms. The molecule has 5 aromatic rings. The van der Waals surface area contributed by atoms with Gasteiger partial charge in [-0.2, -0.15) is 0 Å². The van der Waals surface area contributed by atoms with Crippen molar-refractivity contribution in [2.24, 2.45) is 0 Å². The average molecular weight is 422 g/mol. The number of nitrogens with zero attached hydrogens (tertiary/aromatic N) is 2. The van der Waals surface area contributed by atoms with Crippen LogP contribution in [0.4, 0.5) is 15.9 Å². The number of aryl methyl sites for hydroxylation is 2. The van der Waals surface area contributed by atoms with E-state index in [0.717, 1.165) is 32.0 Å². The molecule has 0 bridgehead atoms. The number of thiazole rings is 1. The van der Waals surface area contributed by atoms with Crippen LogP contribution in [0.15, 0.2) is 60.7 Å². The lowest BCUT2D eigenvalue weighted by atomic mass is 10.0. The van der Waals surface area contributed by atoms with Gasteiger partial charge in [0.25, 0.3) is 0 Å². The van der Waals surface area contributed by atoms with Crippen molar-refractivity contribution in [3.8, 4) is 11.3 Å². The molecule has 6 heteroatoms. The minimum atomic E-state index is -0.293. The molecule has 0 aliphatic heterocycles. The van der Waals surface area contributed by atoms with E-state index in [1.54, 1.807) is 17.4 Å². The lowest BCUT2D eigenvalue weighted by Gasteiger charge is -2.14. The van der Waals surface area contributed by atoms with Crippen LogP contribution < -0.4 is 5.32 Å². The first-order chi connectivity index (χ1) is 14.0. The molecule has 0 aliphatic rings. The van der Waals surface area contributed by atoms with Crippen molar-refractivity contribution in [2.75, 3.05) is 5.32 Å². The Labute approximate surface area is 176 Å². The number of para-hydroxylation sites is 2. The summed E-state index contributed by atoms with van der Waals surface area (Å²) in [6.07, 6.45) is 0. The van der Waals surface area contributed by atoms with Gasteiger partial charge in [-0.15, -0.1) is 0 Å². The maximum absolute atomic E-state index is 14.9. The van der Waals surface area contributed by atoms with Gasteiger partial charge in [-0.3, -0.25) is 4.40 Å². The number of imidazole rings is 1. The highest BCUT2D eigenvalue weighted by Gasteiger charge is 2.23. The highest BCUT2D eigenvalue weighted by molar-refractivity contribution is 7.23. The molecule has 144 valence electrons. The van der Waals surface area contributed by atoms with Gasteiger partial charge in [0.1, 0.15) is 17.3 Å². The van der Waals surface area contributed by atoms with Crippen molar-refractivity contribution in [1.82, 2.24) is 9.38 Å². The average Bonchev–Trinajstić information content (AvgIpc) is 3.21. The predicted molar refractivity (Wildman–Crippen MR) is 120 cm³/mol. The highest BCUT2D eigenvalue weighted by atomic mass is 35.5. The number of rotatable bonds is 3. The second-order valence-corrected chi connectivity index (χ2v) is 8.40. The summed E-state index contributed by atoms with van der Waals surface area (Å²) in [4.78, 5) is 5.64.